The molecule has 0 amide bonds. The maximum atomic E-state index is 13.1. The van der Waals surface area contributed by atoms with Crippen LogP contribution in [-0.2, 0) is 0 Å². The second-order valence-corrected chi connectivity index (χ2v) is 7.59. The summed E-state index contributed by atoms with van der Waals surface area (Å²) in [6.45, 7) is 20.2. The van der Waals surface area contributed by atoms with Crippen molar-refractivity contribution in [1.82, 2.24) is 9.97 Å². The van der Waals surface area contributed by atoms with Crippen molar-refractivity contribution >= 4 is 40.5 Å². The third-order valence-corrected chi connectivity index (χ3v) is 5.49. The monoisotopic (exact) mass is 437 g/mol. The summed E-state index contributed by atoms with van der Waals surface area (Å²) in [5.74, 6) is -0.340. The normalized spacial score (nSPS) is 14.9. The van der Waals surface area contributed by atoms with Crippen molar-refractivity contribution in [2.24, 2.45) is 10.2 Å². The maximum Gasteiger partial charge on any atom is 0.414 e. The first-order valence-electron chi connectivity index (χ1n) is 10.2. The average Bonchev–Trinajstić information content (AvgIpc) is 3.32. The number of imidazole rings is 1. The minimum atomic E-state index is -0.888. The summed E-state index contributed by atoms with van der Waals surface area (Å²) in [5.41, 5.74) is 3.95. The lowest BCUT2D eigenvalue weighted by Crippen LogP contribution is -2.43. The standard InChI is InChI=1S/C24H19N7O2/c1-6-31(19-20(32)16-9-7-13(2)11-17(16)21(19)33)15-8-10-18(14(3)12-15)29-30-24-27-22(25-4)23(26-5)28-24/h7-12,19H,6H2,1-3H3,(H,27,28). The summed E-state index contributed by atoms with van der Waals surface area (Å²) >= 11 is 0. The van der Waals surface area contributed by atoms with Crippen LogP contribution in [0.15, 0.2) is 46.6 Å². The summed E-state index contributed by atoms with van der Waals surface area (Å²) in [7, 11) is 0. The predicted octanol–water partition coefficient (Wildman–Crippen LogP) is 5.82. The van der Waals surface area contributed by atoms with E-state index in [0.29, 0.717) is 23.4 Å². The highest BCUT2D eigenvalue weighted by Gasteiger charge is 2.42. The number of hydrogen-bond acceptors (Lipinski definition) is 6. The van der Waals surface area contributed by atoms with Crippen molar-refractivity contribution < 1.29 is 9.59 Å². The molecule has 1 aromatic heterocycles. The SMILES string of the molecule is [C-]#[N+]c1nc(N=Nc2ccc(N(CC)C3C(=O)c4ccc(C)cc4C3=O)cc2C)[nH]c1[N+]#[C-]. The van der Waals surface area contributed by atoms with Crippen LogP contribution in [0.2, 0.25) is 0 Å². The first-order valence-corrected chi connectivity index (χ1v) is 10.2. The van der Waals surface area contributed by atoms with Gasteiger partial charge in [0.25, 0.3) is 11.6 Å². The van der Waals surface area contributed by atoms with Crippen molar-refractivity contribution in [2.45, 2.75) is 26.8 Å². The van der Waals surface area contributed by atoms with Crippen LogP contribution >= 0.6 is 0 Å². The van der Waals surface area contributed by atoms with Gasteiger partial charge in [-0.15, -0.1) is 5.11 Å². The Labute approximate surface area is 190 Å². The number of Topliss-reactive ketones (excluding diaryl/α,β-unsaturated/α-hetero) is 2. The van der Waals surface area contributed by atoms with E-state index in [2.05, 4.69) is 29.9 Å². The summed E-state index contributed by atoms with van der Waals surface area (Å²) in [6, 6.07) is 9.83. The molecule has 1 aliphatic rings. The number of H-pyrrole nitrogens is 1. The highest BCUT2D eigenvalue weighted by Crippen LogP contribution is 2.33. The molecule has 4 rings (SSSR count). The van der Waals surface area contributed by atoms with Crippen LogP contribution in [0.25, 0.3) is 9.69 Å². The second-order valence-electron chi connectivity index (χ2n) is 7.59. The third kappa shape index (κ3) is 3.77. The Morgan fingerprint density at radius 2 is 1.79 bits per heavy atom. The van der Waals surface area contributed by atoms with E-state index in [1.807, 2.05) is 32.9 Å². The van der Waals surface area contributed by atoms with E-state index in [9.17, 15) is 9.59 Å². The molecule has 1 heterocycles. The fourth-order valence-corrected chi connectivity index (χ4v) is 3.87. The summed E-state index contributed by atoms with van der Waals surface area (Å²) in [5, 5.41) is 8.16. The van der Waals surface area contributed by atoms with Gasteiger partial charge in [-0.05, 0) is 50.6 Å². The summed E-state index contributed by atoms with van der Waals surface area (Å²) in [6.07, 6.45) is 0. The Morgan fingerprint density at radius 1 is 1.03 bits per heavy atom. The lowest BCUT2D eigenvalue weighted by Gasteiger charge is -2.28. The van der Waals surface area contributed by atoms with Crippen LogP contribution in [0.5, 0.6) is 0 Å². The first kappa shape index (κ1) is 21.6. The number of benzene rings is 2. The Hall–Kier alpha value is -4.63. The zero-order valence-electron chi connectivity index (χ0n) is 18.2. The fraction of sp³-hybridized carbons (Fsp3) is 0.208. The van der Waals surface area contributed by atoms with Crippen LogP contribution in [-0.4, -0.2) is 34.1 Å². The Morgan fingerprint density at radius 3 is 2.42 bits per heavy atom. The Kier molecular flexibility index (Phi) is 5.55. The number of aryl methyl sites for hydroxylation is 2. The number of hydrogen-bond donors (Lipinski definition) is 1. The van der Waals surface area contributed by atoms with Gasteiger partial charge in [0.1, 0.15) is 0 Å². The minimum absolute atomic E-state index is 0.0201. The van der Waals surface area contributed by atoms with Crippen LogP contribution in [0.3, 0.4) is 0 Å². The zero-order valence-corrected chi connectivity index (χ0v) is 18.2. The topological polar surface area (TPSA) is 99.5 Å². The second kappa shape index (κ2) is 8.48. The van der Waals surface area contributed by atoms with Gasteiger partial charge in [-0.25, -0.2) is 0 Å². The van der Waals surface area contributed by atoms with Crippen molar-refractivity contribution in [3.63, 3.8) is 0 Å². The molecule has 9 heteroatoms. The molecule has 0 fully saturated rings. The number of aromatic amines is 1. The van der Waals surface area contributed by atoms with Crippen molar-refractivity contribution in [3.05, 3.63) is 81.5 Å². The minimum Gasteiger partial charge on any atom is -0.373 e. The van der Waals surface area contributed by atoms with Crippen LogP contribution in [0.4, 0.5) is 29.0 Å². The number of anilines is 1. The molecule has 1 unspecified atom stereocenters. The molecule has 0 bridgehead atoms. The van der Waals surface area contributed by atoms with Crippen LogP contribution in [0.1, 0.15) is 38.8 Å². The number of carbonyl (C=O) groups is 2. The predicted molar refractivity (Wildman–Crippen MR) is 123 cm³/mol. The lowest BCUT2D eigenvalue weighted by atomic mass is 10.1. The molecule has 162 valence electrons. The number of ketones is 2. The lowest BCUT2D eigenvalue weighted by molar-refractivity contribution is 0.0887. The number of carbonyl (C=O) groups excluding carboxylic acids is 2. The van der Waals surface area contributed by atoms with Gasteiger partial charge in [0.2, 0.25) is 0 Å². The number of azo groups is 1. The molecule has 1 atom stereocenters. The van der Waals surface area contributed by atoms with Crippen molar-refractivity contribution in [1.29, 1.82) is 0 Å². The van der Waals surface area contributed by atoms with Gasteiger partial charge in [0, 0.05) is 23.4 Å². The number of fused-ring (bicyclic) bond motifs is 1. The number of nitrogens with one attached hydrogen (secondary N) is 1. The molecule has 0 spiro atoms. The molecule has 0 saturated heterocycles. The van der Waals surface area contributed by atoms with Gasteiger partial charge in [-0.2, -0.15) is 0 Å². The highest BCUT2D eigenvalue weighted by molar-refractivity contribution is 6.30. The quantitative estimate of drug-likeness (QED) is 0.309. The van der Waals surface area contributed by atoms with E-state index in [1.54, 1.807) is 29.2 Å². The number of likely N-dealkylation sites (N-methyl/N-ethyl adjacent to an activating group) is 1. The molecule has 0 radical (unpaired) electrons. The zero-order chi connectivity index (χ0) is 23.7. The number of nitrogens with zero attached hydrogens (tertiary/aromatic N) is 6. The van der Waals surface area contributed by atoms with E-state index in [1.165, 1.54) is 0 Å². The highest BCUT2D eigenvalue weighted by atomic mass is 16.2. The van der Waals surface area contributed by atoms with Gasteiger partial charge < -0.3 is 14.6 Å². The molecule has 33 heavy (non-hydrogen) atoms. The molecule has 1 aliphatic carbocycles. The molecule has 9 nitrogen and oxygen atoms in total. The van der Waals surface area contributed by atoms with E-state index in [0.717, 1.165) is 16.8 Å². The molecule has 3 aromatic rings. The smallest absolute Gasteiger partial charge is 0.373 e. The van der Waals surface area contributed by atoms with Crippen molar-refractivity contribution in [3.8, 4) is 0 Å². The molecule has 0 saturated carbocycles. The van der Waals surface area contributed by atoms with E-state index in [4.69, 9.17) is 13.1 Å². The summed E-state index contributed by atoms with van der Waals surface area (Å²) in [4.78, 5) is 40.9. The first-order chi connectivity index (χ1) is 15.9. The summed E-state index contributed by atoms with van der Waals surface area (Å²) < 4.78 is 0. The average molecular weight is 437 g/mol. The Bertz CT molecular complexity index is 1370. The maximum absolute atomic E-state index is 13.1. The van der Waals surface area contributed by atoms with Crippen LogP contribution < -0.4 is 4.90 Å². The van der Waals surface area contributed by atoms with Gasteiger partial charge in [-0.3, -0.25) is 14.6 Å². The molecular formula is C24H19N7O2. The fourth-order valence-electron chi connectivity index (χ4n) is 3.87. The van der Waals surface area contributed by atoms with E-state index < -0.39 is 6.04 Å². The molecule has 2 aromatic carbocycles. The largest absolute Gasteiger partial charge is 0.414 e. The Balaban J connectivity index is 1.61. The van der Waals surface area contributed by atoms with E-state index >= 15 is 0 Å². The van der Waals surface area contributed by atoms with Gasteiger partial charge in [-0.1, -0.05) is 40.9 Å². The molecular weight excluding hydrogens is 418 g/mol. The van der Waals surface area contributed by atoms with E-state index in [-0.39, 0.29) is 29.2 Å². The van der Waals surface area contributed by atoms with Gasteiger partial charge in [0.15, 0.2) is 17.6 Å². The van der Waals surface area contributed by atoms with Gasteiger partial charge in [0.05, 0.1) is 5.69 Å². The third-order valence-electron chi connectivity index (χ3n) is 5.49. The number of aromatic nitrogens is 2. The van der Waals surface area contributed by atoms with Crippen molar-refractivity contribution in [2.75, 3.05) is 11.4 Å². The van der Waals surface area contributed by atoms with Crippen LogP contribution in [0, 0.1) is 27.0 Å². The van der Waals surface area contributed by atoms with Gasteiger partial charge >= 0.3 is 5.95 Å². The number of rotatable bonds is 5. The molecule has 0 aliphatic heterocycles. The molecule has 1 N–H and O–H groups in total.